The van der Waals surface area contributed by atoms with Gasteiger partial charge in [-0.05, 0) is 49.6 Å². The molecule has 1 aliphatic carbocycles. The quantitative estimate of drug-likeness (QED) is 0.345. The van der Waals surface area contributed by atoms with E-state index in [0.29, 0.717) is 30.1 Å². The number of urea groups is 1. The van der Waals surface area contributed by atoms with Crippen molar-refractivity contribution in [1.29, 1.82) is 0 Å². The van der Waals surface area contributed by atoms with Gasteiger partial charge >= 0.3 is 6.03 Å². The Labute approximate surface area is 265 Å². The number of anilines is 1. The van der Waals surface area contributed by atoms with Gasteiger partial charge < -0.3 is 34.8 Å². The minimum Gasteiger partial charge on any atom is -0.488 e. The maximum atomic E-state index is 13.6. The lowest BCUT2D eigenvalue weighted by Crippen LogP contribution is -2.50. The number of carbonyl (C=O) groups is 3. The Morgan fingerprint density at radius 1 is 1.13 bits per heavy atom. The Morgan fingerprint density at radius 2 is 1.89 bits per heavy atom. The first kappa shape index (κ1) is 32.3. The van der Waals surface area contributed by atoms with Gasteiger partial charge in [0.2, 0.25) is 11.8 Å². The van der Waals surface area contributed by atoms with Crippen molar-refractivity contribution < 1.29 is 24.2 Å². The third-order valence-corrected chi connectivity index (χ3v) is 9.26. The first-order valence-corrected chi connectivity index (χ1v) is 16.2. The second-order valence-corrected chi connectivity index (χ2v) is 12.9. The topological polar surface area (TPSA) is 116 Å². The summed E-state index contributed by atoms with van der Waals surface area (Å²) >= 11 is 0. The number of fused-ring (bicyclic) bond motifs is 2. The van der Waals surface area contributed by atoms with E-state index in [-0.39, 0.29) is 55.3 Å². The van der Waals surface area contributed by atoms with E-state index in [0.717, 1.165) is 42.1 Å². The van der Waals surface area contributed by atoms with E-state index >= 15 is 0 Å². The summed E-state index contributed by atoms with van der Waals surface area (Å²) in [6.45, 7) is 4.39. The molecular formula is C35H47N5O5. The molecule has 4 amide bonds. The Morgan fingerprint density at radius 3 is 2.64 bits per heavy atom. The number of hydrogen-bond donors (Lipinski definition) is 3. The lowest BCUT2D eigenvalue weighted by molar-refractivity contribution is -0.134. The van der Waals surface area contributed by atoms with Crippen molar-refractivity contribution in [1.82, 2.24) is 19.7 Å². The molecule has 3 atom stereocenters. The van der Waals surface area contributed by atoms with E-state index in [4.69, 9.17) is 4.74 Å². The average Bonchev–Trinajstić information content (AvgIpc) is 3.36. The van der Waals surface area contributed by atoms with Gasteiger partial charge in [0.25, 0.3) is 0 Å². The van der Waals surface area contributed by atoms with Gasteiger partial charge in [-0.15, -0.1) is 0 Å². The van der Waals surface area contributed by atoms with Crippen LogP contribution >= 0.6 is 0 Å². The largest absolute Gasteiger partial charge is 0.488 e. The van der Waals surface area contributed by atoms with Gasteiger partial charge in [0.1, 0.15) is 11.9 Å². The van der Waals surface area contributed by atoms with Crippen LogP contribution in [0.15, 0.2) is 48.7 Å². The van der Waals surface area contributed by atoms with Gasteiger partial charge in [-0.2, -0.15) is 0 Å². The Kier molecular flexibility index (Phi) is 10.3. The molecule has 2 aromatic carbocycles. The second kappa shape index (κ2) is 14.4. The van der Waals surface area contributed by atoms with Gasteiger partial charge in [0, 0.05) is 61.0 Å². The summed E-state index contributed by atoms with van der Waals surface area (Å²) in [7, 11) is 3.74. The normalized spacial score (nSPS) is 19.9. The molecule has 0 saturated heterocycles. The number of nitrogens with zero attached hydrogens (tertiary/aromatic N) is 3. The fraction of sp³-hybridized carbons (Fsp3) is 0.514. The SMILES string of the molecule is C[C@H]1CN([C@@H](C)CO)C(=O)Cc2cc(NC(=O)Cc3cn(C)c4ccccc34)ccc2O[C@H]1CN(C)C(=O)NC1CCCCC1. The van der Waals surface area contributed by atoms with Crippen LogP contribution in [0.25, 0.3) is 10.9 Å². The first-order valence-electron chi connectivity index (χ1n) is 16.2. The number of para-hydroxylation sites is 1. The van der Waals surface area contributed by atoms with E-state index < -0.39 is 6.10 Å². The third kappa shape index (κ3) is 7.79. The van der Waals surface area contributed by atoms with E-state index in [1.165, 1.54) is 6.42 Å². The van der Waals surface area contributed by atoms with Crippen molar-refractivity contribution in [3.05, 3.63) is 59.8 Å². The molecule has 242 valence electrons. The summed E-state index contributed by atoms with van der Waals surface area (Å²) in [5.41, 5.74) is 3.22. The van der Waals surface area contributed by atoms with Crippen molar-refractivity contribution >= 4 is 34.4 Å². The Hall–Kier alpha value is -4.05. The van der Waals surface area contributed by atoms with Crippen LogP contribution in [0.3, 0.4) is 0 Å². The fourth-order valence-electron chi connectivity index (χ4n) is 6.55. The summed E-state index contributed by atoms with van der Waals surface area (Å²) in [4.78, 5) is 43.2. The second-order valence-electron chi connectivity index (χ2n) is 12.9. The van der Waals surface area contributed by atoms with Crippen LogP contribution in [-0.4, -0.2) is 82.3 Å². The maximum absolute atomic E-state index is 13.6. The molecule has 3 aromatic rings. The number of hydrogen-bond acceptors (Lipinski definition) is 5. The van der Waals surface area contributed by atoms with Crippen LogP contribution in [0.5, 0.6) is 5.75 Å². The number of carbonyl (C=O) groups excluding carboxylic acids is 3. The standard InChI is InChI=1S/C35H47N5O5/c1-23-19-40(24(2)22-41)34(43)18-25-16-28(36-33(42)17-26-20-38(3)30-13-9-8-12-29(26)30)14-15-31(25)45-32(23)21-39(4)35(44)37-27-10-6-5-7-11-27/h8-9,12-16,20,23-24,27,32,41H,5-7,10-11,17-19,21-22H2,1-4H3,(H,36,42)(H,37,44)/t23-,24-,32-/m0/s1. The molecule has 0 spiro atoms. The number of aryl methyl sites for hydroxylation is 1. The molecule has 1 saturated carbocycles. The van der Waals surface area contributed by atoms with Crippen LogP contribution in [0, 0.1) is 5.92 Å². The summed E-state index contributed by atoms with van der Waals surface area (Å²) in [6, 6.07) is 13.1. The van der Waals surface area contributed by atoms with Crippen LogP contribution < -0.4 is 15.4 Å². The molecule has 1 fully saturated rings. The molecule has 0 bridgehead atoms. The maximum Gasteiger partial charge on any atom is 0.317 e. The molecule has 1 aromatic heterocycles. The van der Waals surface area contributed by atoms with Crippen molar-refractivity contribution in [2.75, 3.05) is 32.1 Å². The zero-order valence-corrected chi connectivity index (χ0v) is 26.9. The molecule has 0 unspecified atom stereocenters. The van der Waals surface area contributed by atoms with Crippen LogP contribution in [0.2, 0.25) is 0 Å². The highest BCUT2D eigenvalue weighted by atomic mass is 16.5. The minimum atomic E-state index is -0.406. The number of aromatic nitrogens is 1. The zero-order chi connectivity index (χ0) is 32.1. The lowest BCUT2D eigenvalue weighted by atomic mass is 9.96. The Bertz CT molecular complexity index is 1510. The molecule has 3 N–H and O–H groups in total. The van der Waals surface area contributed by atoms with E-state index in [1.807, 2.05) is 55.9 Å². The molecule has 5 rings (SSSR count). The molecule has 2 aliphatic rings. The highest BCUT2D eigenvalue weighted by Gasteiger charge is 2.32. The summed E-state index contributed by atoms with van der Waals surface area (Å²) in [5.74, 6) is 0.136. The highest BCUT2D eigenvalue weighted by molar-refractivity contribution is 5.96. The van der Waals surface area contributed by atoms with Gasteiger partial charge in [0.05, 0.1) is 32.0 Å². The van der Waals surface area contributed by atoms with E-state index in [1.54, 1.807) is 35.0 Å². The van der Waals surface area contributed by atoms with Crippen molar-refractivity contribution in [3.8, 4) is 5.75 Å². The Balaban J connectivity index is 1.34. The predicted octanol–water partition coefficient (Wildman–Crippen LogP) is 4.48. The number of rotatable bonds is 8. The summed E-state index contributed by atoms with van der Waals surface area (Å²) in [5, 5.41) is 17.2. The molecule has 0 radical (unpaired) electrons. The van der Waals surface area contributed by atoms with Gasteiger partial charge in [-0.3, -0.25) is 9.59 Å². The molecular weight excluding hydrogens is 570 g/mol. The number of likely N-dealkylation sites (N-methyl/N-ethyl adjacent to an activating group) is 1. The lowest BCUT2D eigenvalue weighted by Gasteiger charge is -2.34. The monoisotopic (exact) mass is 617 g/mol. The van der Waals surface area contributed by atoms with Gasteiger partial charge in [-0.1, -0.05) is 44.4 Å². The first-order chi connectivity index (χ1) is 21.6. The predicted molar refractivity (Wildman–Crippen MR) is 175 cm³/mol. The highest BCUT2D eigenvalue weighted by Crippen LogP contribution is 2.30. The summed E-state index contributed by atoms with van der Waals surface area (Å²) in [6.07, 6.45) is 7.32. The molecule has 10 nitrogen and oxygen atoms in total. The molecule has 1 aliphatic heterocycles. The van der Waals surface area contributed by atoms with Crippen molar-refractivity contribution in [2.24, 2.45) is 13.0 Å². The number of ether oxygens (including phenoxy) is 1. The third-order valence-electron chi connectivity index (χ3n) is 9.26. The number of aliphatic hydroxyl groups is 1. The van der Waals surface area contributed by atoms with Gasteiger partial charge in [0.15, 0.2) is 0 Å². The number of aliphatic hydroxyl groups excluding tert-OH is 1. The van der Waals surface area contributed by atoms with Crippen molar-refractivity contribution in [2.45, 2.75) is 77.0 Å². The zero-order valence-electron chi connectivity index (χ0n) is 26.9. The van der Waals surface area contributed by atoms with Crippen LogP contribution in [-0.2, 0) is 29.5 Å². The summed E-state index contributed by atoms with van der Waals surface area (Å²) < 4.78 is 8.59. The number of nitrogens with one attached hydrogen (secondary N) is 2. The van der Waals surface area contributed by atoms with Crippen LogP contribution in [0.4, 0.5) is 10.5 Å². The van der Waals surface area contributed by atoms with Crippen LogP contribution in [0.1, 0.15) is 57.1 Å². The average molecular weight is 618 g/mol. The van der Waals surface area contributed by atoms with E-state index in [9.17, 15) is 19.5 Å². The smallest absolute Gasteiger partial charge is 0.317 e. The fourth-order valence-corrected chi connectivity index (χ4v) is 6.55. The van der Waals surface area contributed by atoms with E-state index in [2.05, 4.69) is 10.6 Å². The van der Waals surface area contributed by atoms with Gasteiger partial charge in [-0.25, -0.2) is 4.79 Å². The molecule has 2 heterocycles. The van der Waals surface area contributed by atoms with Crippen molar-refractivity contribution in [3.63, 3.8) is 0 Å². The minimum absolute atomic E-state index is 0.0597. The molecule has 45 heavy (non-hydrogen) atoms. The number of amides is 4. The number of benzene rings is 2. The molecule has 10 heteroatoms.